The van der Waals surface area contributed by atoms with Gasteiger partial charge in [0.1, 0.15) is 5.75 Å². The van der Waals surface area contributed by atoms with E-state index in [0.29, 0.717) is 30.8 Å². The highest BCUT2D eigenvalue weighted by Crippen LogP contribution is 2.37. The van der Waals surface area contributed by atoms with Crippen LogP contribution in [-0.2, 0) is 22.7 Å². The van der Waals surface area contributed by atoms with E-state index in [2.05, 4.69) is 9.62 Å². The minimum atomic E-state index is -4.56. The maximum absolute atomic E-state index is 13.6. The Balaban J connectivity index is 1.56. The molecule has 4 aromatic rings. The number of benzene rings is 4. The van der Waals surface area contributed by atoms with Crippen LogP contribution >= 0.6 is 11.6 Å². The SMILES string of the molecule is CNS(=O)(=O)c1cccc(OCCCN(Cc2cccc(C(F)(F)F)c2Cl)CC(c2ccccc2)c2ccccc2)c1. The molecule has 0 aliphatic rings. The summed E-state index contributed by atoms with van der Waals surface area (Å²) >= 11 is 6.29. The molecule has 0 heterocycles. The highest BCUT2D eigenvalue weighted by Gasteiger charge is 2.34. The number of halogens is 4. The fraction of sp³-hybridized carbons (Fsp3) is 0.250. The van der Waals surface area contributed by atoms with Gasteiger partial charge < -0.3 is 4.74 Å². The monoisotopic (exact) mass is 616 g/mol. The van der Waals surface area contributed by atoms with Gasteiger partial charge in [0.15, 0.2) is 0 Å². The van der Waals surface area contributed by atoms with E-state index in [0.717, 1.165) is 17.2 Å². The van der Waals surface area contributed by atoms with Crippen molar-refractivity contribution in [3.05, 3.63) is 130 Å². The predicted octanol–water partition coefficient (Wildman–Crippen LogP) is 7.37. The van der Waals surface area contributed by atoms with Crippen molar-refractivity contribution in [3.8, 4) is 5.75 Å². The summed E-state index contributed by atoms with van der Waals surface area (Å²) in [6.45, 7) is 1.50. The Labute approximate surface area is 250 Å². The summed E-state index contributed by atoms with van der Waals surface area (Å²) in [5.41, 5.74) is 1.70. The second kappa shape index (κ2) is 14.2. The number of nitrogens with one attached hydrogen (secondary N) is 1. The minimum Gasteiger partial charge on any atom is -0.494 e. The third kappa shape index (κ3) is 8.35. The lowest BCUT2D eigenvalue weighted by Crippen LogP contribution is -2.31. The van der Waals surface area contributed by atoms with E-state index in [1.807, 2.05) is 60.7 Å². The van der Waals surface area contributed by atoms with Crippen LogP contribution in [-0.4, -0.2) is 40.1 Å². The third-order valence-electron chi connectivity index (χ3n) is 6.89. The first-order valence-electron chi connectivity index (χ1n) is 13.4. The van der Waals surface area contributed by atoms with Crippen molar-refractivity contribution in [1.82, 2.24) is 9.62 Å². The topological polar surface area (TPSA) is 58.6 Å². The molecule has 10 heteroatoms. The van der Waals surface area contributed by atoms with Crippen molar-refractivity contribution < 1.29 is 26.3 Å². The quantitative estimate of drug-likeness (QED) is 0.159. The summed E-state index contributed by atoms with van der Waals surface area (Å²) in [7, 11) is -2.28. The van der Waals surface area contributed by atoms with Gasteiger partial charge in [-0.2, -0.15) is 13.2 Å². The maximum Gasteiger partial charge on any atom is 0.417 e. The molecule has 222 valence electrons. The van der Waals surface area contributed by atoms with Crippen molar-refractivity contribution in [2.75, 3.05) is 26.7 Å². The van der Waals surface area contributed by atoms with Crippen LogP contribution in [0.5, 0.6) is 5.75 Å². The molecule has 0 saturated carbocycles. The van der Waals surface area contributed by atoms with Crippen LogP contribution in [0.4, 0.5) is 13.2 Å². The van der Waals surface area contributed by atoms with Crippen molar-refractivity contribution in [2.45, 2.75) is 30.0 Å². The average molecular weight is 617 g/mol. The zero-order valence-electron chi connectivity index (χ0n) is 23.0. The number of sulfonamides is 1. The lowest BCUT2D eigenvalue weighted by atomic mass is 9.90. The second-order valence-electron chi connectivity index (χ2n) is 9.77. The van der Waals surface area contributed by atoms with Gasteiger partial charge in [-0.05, 0) is 48.4 Å². The Morgan fingerprint density at radius 3 is 2.10 bits per heavy atom. The standard InChI is InChI=1S/C32H32ClF3N2O3S/c1-37-42(39,40)28-17-9-16-27(21-28)41-20-10-19-38(22-26-15-8-18-30(31(26)33)32(34,35)36)23-29(24-11-4-2-5-12-24)25-13-6-3-7-14-25/h2-9,11-18,21,29,37H,10,19-20,22-23H2,1H3. The van der Waals surface area contributed by atoms with E-state index in [1.54, 1.807) is 18.2 Å². The molecule has 42 heavy (non-hydrogen) atoms. The molecule has 0 aromatic heterocycles. The maximum atomic E-state index is 13.6. The molecular weight excluding hydrogens is 585 g/mol. The van der Waals surface area contributed by atoms with E-state index in [-0.39, 0.29) is 29.0 Å². The van der Waals surface area contributed by atoms with E-state index in [4.69, 9.17) is 16.3 Å². The fourth-order valence-electron chi connectivity index (χ4n) is 4.76. The number of hydrogen-bond acceptors (Lipinski definition) is 4. The number of nitrogens with zero attached hydrogens (tertiary/aromatic N) is 1. The second-order valence-corrected chi connectivity index (χ2v) is 12.0. The molecule has 0 saturated heterocycles. The molecule has 0 radical (unpaired) electrons. The van der Waals surface area contributed by atoms with Crippen molar-refractivity contribution in [1.29, 1.82) is 0 Å². The van der Waals surface area contributed by atoms with Crippen LogP contribution in [0.15, 0.2) is 108 Å². The van der Waals surface area contributed by atoms with E-state index >= 15 is 0 Å². The fourth-order valence-corrected chi connectivity index (χ4v) is 5.81. The first-order valence-corrected chi connectivity index (χ1v) is 15.3. The van der Waals surface area contributed by atoms with Crippen LogP contribution < -0.4 is 9.46 Å². The molecule has 0 aliphatic carbocycles. The van der Waals surface area contributed by atoms with Crippen molar-refractivity contribution in [3.63, 3.8) is 0 Å². The largest absolute Gasteiger partial charge is 0.494 e. The molecular formula is C32H32ClF3N2O3S. The van der Waals surface area contributed by atoms with Crippen molar-refractivity contribution in [2.24, 2.45) is 0 Å². The van der Waals surface area contributed by atoms with Gasteiger partial charge in [0.05, 0.1) is 22.1 Å². The normalized spacial score (nSPS) is 12.2. The van der Waals surface area contributed by atoms with Gasteiger partial charge in [0, 0.05) is 31.6 Å². The first-order chi connectivity index (χ1) is 20.1. The number of hydrogen-bond donors (Lipinski definition) is 1. The Morgan fingerprint density at radius 1 is 0.881 bits per heavy atom. The first kappa shape index (κ1) is 31.6. The van der Waals surface area contributed by atoms with Gasteiger partial charge in [-0.3, -0.25) is 4.90 Å². The predicted molar refractivity (Wildman–Crippen MR) is 159 cm³/mol. The number of alkyl halides is 3. The summed E-state index contributed by atoms with van der Waals surface area (Å²) < 4.78 is 73.2. The summed E-state index contributed by atoms with van der Waals surface area (Å²) in [6.07, 6.45) is -4.02. The van der Waals surface area contributed by atoms with Gasteiger partial charge in [0.2, 0.25) is 10.0 Å². The average Bonchev–Trinajstić information content (AvgIpc) is 2.99. The van der Waals surface area contributed by atoms with Crippen LogP contribution in [0.2, 0.25) is 5.02 Å². The van der Waals surface area contributed by atoms with E-state index in [9.17, 15) is 21.6 Å². The van der Waals surface area contributed by atoms with Gasteiger partial charge >= 0.3 is 6.18 Å². The Morgan fingerprint density at radius 2 is 1.50 bits per heavy atom. The van der Waals surface area contributed by atoms with Crippen LogP contribution in [0.25, 0.3) is 0 Å². The van der Waals surface area contributed by atoms with Crippen molar-refractivity contribution >= 4 is 21.6 Å². The summed E-state index contributed by atoms with van der Waals surface area (Å²) in [6, 6.07) is 30.1. The minimum absolute atomic E-state index is 0.0404. The lowest BCUT2D eigenvalue weighted by molar-refractivity contribution is -0.137. The Hall–Kier alpha value is -3.37. The van der Waals surface area contributed by atoms with Gasteiger partial charge in [-0.1, -0.05) is 90.5 Å². The smallest absolute Gasteiger partial charge is 0.417 e. The molecule has 1 N–H and O–H groups in total. The van der Waals surface area contributed by atoms with Gasteiger partial charge in [-0.15, -0.1) is 0 Å². The molecule has 0 atom stereocenters. The molecule has 0 bridgehead atoms. The Kier molecular flexibility index (Phi) is 10.7. The third-order valence-corrected chi connectivity index (χ3v) is 8.75. The number of ether oxygens (including phenoxy) is 1. The van der Waals surface area contributed by atoms with E-state index in [1.165, 1.54) is 25.2 Å². The highest BCUT2D eigenvalue weighted by molar-refractivity contribution is 7.89. The molecule has 5 nitrogen and oxygen atoms in total. The van der Waals surface area contributed by atoms with E-state index < -0.39 is 21.8 Å². The molecule has 0 aliphatic heterocycles. The van der Waals surface area contributed by atoms with Gasteiger partial charge in [0.25, 0.3) is 0 Å². The van der Waals surface area contributed by atoms with Crippen LogP contribution in [0.1, 0.15) is 34.6 Å². The highest BCUT2D eigenvalue weighted by atomic mass is 35.5. The molecule has 0 amide bonds. The molecule has 0 unspecified atom stereocenters. The van der Waals surface area contributed by atoms with Gasteiger partial charge in [-0.25, -0.2) is 13.1 Å². The zero-order chi connectivity index (χ0) is 30.2. The molecule has 4 rings (SSSR count). The summed E-state index contributed by atoms with van der Waals surface area (Å²) in [4.78, 5) is 2.17. The molecule has 0 spiro atoms. The Bertz CT molecular complexity index is 1510. The summed E-state index contributed by atoms with van der Waals surface area (Å²) in [5.74, 6) is 0.367. The van der Waals surface area contributed by atoms with Crippen LogP contribution in [0, 0.1) is 0 Å². The van der Waals surface area contributed by atoms with Crippen LogP contribution in [0.3, 0.4) is 0 Å². The number of rotatable bonds is 13. The molecule has 0 fully saturated rings. The summed E-state index contributed by atoms with van der Waals surface area (Å²) in [5, 5.41) is -0.301. The zero-order valence-corrected chi connectivity index (χ0v) is 24.6. The lowest BCUT2D eigenvalue weighted by Gasteiger charge is -2.29. The molecule has 4 aromatic carbocycles.